The van der Waals surface area contributed by atoms with E-state index >= 15 is 0 Å². The van der Waals surface area contributed by atoms with Crippen molar-refractivity contribution in [3.63, 3.8) is 0 Å². The standard InChI is InChI=1S/C43H75NO/c1-3-5-7-9-11-13-15-17-19-21-23-25-27-29-31-36-40-44(43(45)42-38-34-33-35-39-42)41-37-32-30-28-26-24-22-20-18-16-14-12-10-8-6-4-2/h33-41H,3-32H2,1-2H3. The largest absolute Gasteiger partial charge is 0.291 e. The molecule has 2 nitrogen and oxygen atoms in total. The number of carbonyl (C=O) groups excluding carboxylic acids is 1. The van der Waals surface area contributed by atoms with Gasteiger partial charge in [0.1, 0.15) is 0 Å². The van der Waals surface area contributed by atoms with E-state index in [0.717, 1.165) is 18.4 Å². The van der Waals surface area contributed by atoms with E-state index in [1.54, 1.807) is 4.90 Å². The third-order valence-electron chi connectivity index (χ3n) is 9.24. The molecule has 0 aliphatic rings. The first-order valence-corrected chi connectivity index (χ1v) is 20.0. The molecule has 0 heterocycles. The molecule has 1 aromatic rings. The number of allylic oxidation sites excluding steroid dienone is 2. The van der Waals surface area contributed by atoms with Crippen LogP contribution in [0.5, 0.6) is 0 Å². The molecule has 0 aliphatic heterocycles. The number of amides is 1. The maximum absolute atomic E-state index is 13.2. The highest BCUT2D eigenvalue weighted by atomic mass is 16.2. The van der Waals surface area contributed by atoms with Crippen LogP contribution >= 0.6 is 0 Å². The summed E-state index contributed by atoms with van der Waals surface area (Å²) in [7, 11) is 0. The van der Waals surface area contributed by atoms with Crippen LogP contribution in [0.2, 0.25) is 0 Å². The van der Waals surface area contributed by atoms with Gasteiger partial charge in [0.2, 0.25) is 0 Å². The van der Waals surface area contributed by atoms with E-state index in [-0.39, 0.29) is 5.91 Å². The molecule has 0 N–H and O–H groups in total. The Balaban J connectivity index is 2.14. The lowest BCUT2D eigenvalue weighted by atomic mass is 10.0. The highest BCUT2D eigenvalue weighted by Gasteiger charge is 2.10. The van der Waals surface area contributed by atoms with Gasteiger partial charge in [-0.1, -0.05) is 211 Å². The zero-order chi connectivity index (χ0) is 32.3. The van der Waals surface area contributed by atoms with Gasteiger partial charge in [-0.15, -0.1) is 0 Å². The molecule has 0 saturated carbocycles. The van der Waals surface area contributed by atoms with Gasteiger partial charge in [-0.05, 0) is 37.8 Å². The van der Waals surface area contributed by atoms with Crippen LogP contribution in [-0.4, -0.2) is 10.8 Å². The number of hydrogen-bond acceptors (Lipinski definition) is 1. The third-order valence-corrected chi connectivity index (χ3v) is 9.24. The van der Waals surface area contributed by atoms with Crippen molar-refractivity contribution >= 4 is 5.91 Å². The molecule has 0 aliphatic carbocycles. The summed E-state index contributed by atoms with van der Waals surface area (Å²) in [6.45, 7) is 4.58. The Morgan fingerprint density at radius 1 is 0.444 bits per heavy atom. The third kappa shape index (κ3) is 27.0. The summed E-state index contributed by atoms with van der Waals surface area (Å²) in [5.41, 5.74) is 0.750. The van der Waals surface area contributed by atoms with Gasteiger partial charge >= 0.3 is 0 Å². The average molecular weight is 622 g/mol. The lowest BCUT2D eigenvalue weighted by Gasteiger charge is -2.14. The Bertz CT molecular complexity index is 755. The van der Waals surface area contributed by atoms with Gasteiger partial charge in [0.15, 0.2) is 0 Å². The van der Waals surface area contributed by atoms with Crippen molar-refractivity contribution in [1.29, 1.82) is 0 Å². The second kappa shape index (κ2) is 33.5. The molecule has 0 spiro atoms. The van der Waals surface area contributed by atoms with E-state index in [1.165, 1.54) is 180 Å². The highest BCUT2D eigenvalue weighted by molar-refractivity contribution is 5.95. The number of unbranched alkanes of at least 4 members (excludes halogenated alkanes) is 28. The van der Waals surface area contributed by atoms with E-state index in [2.05, 4.69) is 26.0 Å². The van der Waals surface area contributed by atoms with Crippen molar-refractivity contribution in [2.24, 2.45) is 0 Å². The molecular weight excluding hydrogens is 546 g/mol. The fourth-order valence-corrected chi connectivity index (χ4v) is 6.20. The monoisotopic (exact) mass is 622 g/mol. The Morgan fingerprint density at radius 2 is 0.733 bits per heavy atom. The van der Waals surface area contributed by atoms with Gasteiger partial charge in [-0.25, -0.2) is 0 Å². The number of hydrogen-bond donors (Lipinski definition) is 0. The molecule has 0 radical (unpaired) electrons. The second-order valence-corrected chi connectivity index (χ2v) is 13.6. The highest BCUT2D eigenvalue weighted by Crippen LogP contribution is 2.16. The summed E-state index contributed by atoms with van der Waals surface area (Å²) in [5, 5.41) is 0. The summed E-state index contributed by atoms with van der Waals surface area (Å²) >= 11 is 0. The van der Waals surface area contributed by atoms with Gasteiger partial charge in [-0.3, -0.25) is 9.69 Å². The Kier molecular flexibility index (Phi) is 30.7. The molecule has 0 fully saturated rings. The van der Waals surface area contributed by atoms with Gasteiger partial charge < -0.3 is 0 Å². The van der Waals surface area contributed by atoms with Gasteiger partial charge in [0, 0.05) is 18.0 Å². The van der Waals surface area contributed by atoms with Gasteiger partial charge in [0.25, 0.3) is 5.91 Å². The average Bonchev–Trinajstić information content (AvgIpc) is 3.07. The summed E-state index contributed by atoms with van der Waals surface area (Å²) in [6.07, 6.45) is 49.3. The van der Waals surface area contributed by atoms with Crippen molar-refractivity contribution in [2.75, 3.05) is 0 Å². The molecule has 0 saturated heterocycles. The predicted octanol–water partition coefficient (Wildman–Crippen LogP) is 14.9. The molecule has 1 rings (SSSR count). The molecule has 0 unspecified atom stereocenters. The molecular formula is C43H75NO. The zero-order valence-corrected chi connectivity index (χ0v) is 30.3. The van der Waals surface area contributed by atoms with Crippen LogP contribution in [0.15, 0.2) is 54.9 Å². The van der Waals surface area contributed by atoms with Crippen molar-refractivity contribution in [3.05, 3.63) is 60.4 Å². The fourth-order valence-electron chi connectivity index (χ4n) is 6.20. The minimum Gasteiger partial charge on any atom is -0.291 e. The summed E-state index contributed by atoms with van der Waals surface area (Å²) in [4.78, 5) is 14.9. The number of rotatable bonds is 33. The summed E-state index contributed by atoms with van der Waals surface area (Å²) in [6, 6.07) is 9.69. The second-order valence-electron chi connectivity index (χ2n) is 13.6. The van der Waals surface area contributed by atoms with Crippen molar-refractivity contribution in [3.8, 4) is 0 Å². The minimum atomic E-state index is 0.0602. The number of benzene rings is 1. The van der Waals surface area contributed by atoms with E-state index in [4.69, 9.17) is 0 Å². The first-order chi connectivity index (χ1) is 22.3. The van der Waals surface area contributed by atoms with Crippen LogP contribution in [0, 0.1) is 0 Å². The minimum absolute atomic E-state index is 0.0602. The summed E-state index contributed by atoms with van der Waals surface area (Å²) < 4.78 is 0. The fraction of sp³-hybridized carbons (Fsp3) is 0.744. The Hall–Kier alpha value is -1.83. The topological polar surface area (TPSA) is 20.3 Å². The zero-order valence-electron chi connectivity index (χ0n) is 30.3. The van der Waals surface area contributed by atoms with Gasteiger partial charge in [-0.2, -0.15) is 0 Å². The van der Waals surface area contributed by atoms with E-state index < -0.39 is 0 Å². The molecule has 45 heavy (non-hydrogen) atoms. The first-order valence-electron chi connectivity index (χ1n) is 20.0. The van der Waals surface area contributed by atoms with Crippen LogP contribution in [0.3, 0.4) is 0 Å². The maximum atomic E-state index is 13.2. The van der Waals surface area contributed by atoms with E-state index in [0.29, 0.717) is 0 Å². The lowest BCUT2D eigenvalue weighted by Crippen LogP contribution is -2.19. The quantitative estimate of drug-likeness (QED) is 0.0715. The van der Waals surface area contributed by atoms with Crippen LogP contribution in [0.4, 0.5) is 0 Å². The normalized spacial score (nSPS) is 11.7. The first kappa shape index (κ1) is 41.2. The van der Waals surface area contributed by atoms with Gasteiger partial charge in [0.05, 0.1) is 0 Å². The maximum Gasteiger partial charge on any atom is 0.261 e. The van der Waals surface area contributed by atoms with Crippen molar-refractivity contribution in [2.45, 2.75) is 206 Å². The molecule has 258 valence electrons. The smallest absolute Gasteiger partial charge is 0.261 e. The van der Waals surface area contributed by atoms with Crippen LogP contribution in [-0.2, 0) is 0 Å². The van der Waals surface area contributed by atoms with Crippen molar-refractivity contribution < 1.29 is 4.79 Å². The predicted molar refractivity (Wildman–Crippen MR) is 201 cm³/mol. The van der Waals surface area contributed by atoms with Crippen LogP contribution in [0.25, 0.3) is 0 Å². The number of nitrogens with zero attached hydrogens (tertiary/aromatic N) is 1. The molecule has 0 bridgehead atoms. The molecule has 2 heteroatoms. The Labute approximate surface area is 281 Å². The summed E-state index contributed by atoms with van der Waals surface area (Å²) in [5.74, 6) is 0.0602. The van der Waals surface area contributed by atoms with E-state index in [1.807, 2.05) is 42.7 Å². The van der Waals surface area contributed by atoms with Crippen LogP contribution < -0.4 is 0 Å². The Morgan fingerprint density at radius 3 is 1.04 bits per heavy atom. The number of carbonyl (C=O) groups is 1. The molecule has 1 amide bonds. The SMILES string of the molecule is CCCCCCCCCCCCCCCCC=CN(C=CCCCCCCCCCCCCCCCC)C(=O)c1ccccc1. The van der Waals surface area contributed by atoms with Crippen molar-refractivity contribution in [1.82, 2.24) is 4.90 Å². The van der Waals surface area contributed by atoms with E-state index in [9.17, 15) is 4.79 Å². The molecule has 0 aromatic heterocycles. The molecule has 0 atom stereocenters. The molecule has 1 aromatic carbocycles. The lowest BCUT2D eigenvalue weighted by molar-refractivity contribution is 0.0869. The van der Waals surface area contributed by atoms with Crippen LogP contribution in [0.1, 0.15) is 217 Å².